The molecule has 4 nitrogen and oxygen atoms in total. The fourth-order valence-corrected chi connectivity index (χ4v) is 2.15. The van der Waals surface area contributed by atoms with Crippen molar-refractivity contribution in [2.75, 3.05) is 32.1 Å². The van der Waals surface area contributed by atoms with Crippen LogP contribution >= 0.6 is 0 Å². The average molecular weight is 248 g/mol. The number of anilines is 1. The molecule has 0 aliphatic carbocycles. The predicted octanol–water partition coefficient (Wildman–Crippen LogP) is 1.98. The third-order valence-corrected chi connectivity index (χ3v) is 3.13. The van der Waals surface area contributed by atoms with E-state index in [-0.39, 0.29) is 11.5 Å². The number of nitrogens with zero attached hydrogens (tertiary/aromatic N) is 1. The van der Waals surface area contributed by atoms with Crippen LogP contribution in [-0.2, 0) is 4.74 Å². The number of morpholine rings is 1. The number of amides is 1. The number of nitrogens with one attached hydrogen (secondary N) is 1. The Kier molecular flexibility index (Phi) is 3.57. The Morgan fingerprint density at radius 3 is 2.56 bits per heavy atom. The van der Waals surface area contributed by atoms with E-state index < -0.39 is 0 Å². The molecule has 1 aromatic carbocycles. The Hall–Kier alpha value is -1.55. The highest BCUT2D eigenvalue weighted by Crippen LogP contribution is 2.19. The van der Waals surface area contributed by atoms with Gasteiger partial charge in [0.05, 0.1) is 12.2 Å². The van der Waals surface area contributed by atoms with Gasteiger partial charge in [0.2, 0.25) is 0 Å². The maximum Gasteiger partial charge on any atom is 0.254 e. The molecule has 4 heteroatoms. The van der Waals surface area contributed by atoms with Crippen LogP contribution < -0.4 is 5.32 Å². The van der Waals surface area contributed by atoms with Crippen LogP contribution in [0.5, 0.6) is 0 Å². The van der Waals surface area contributed by atoms with Crippen LogP contribution in [0, 0.1) is 0 Å². The second kappa shape index (κ2) is 4.98. The van der Waals surface area contributed by atoms with Crippen molar-refractivity contribution in [3.63, 3.8) is 0 Å². The van der Waals surface area contributed by atoms with Crippen molar-refractivity contribution in [1.82, 2.24) is 4.90 Å². The normalized spacial score (nSPS) is 18.5. The van der Waals surface area contributed by atoms with Gasteiger partial charge >= 0.3 is 0 Å². The Morgan fingerprint density at radius 1 is 1.33 bits per heavy atom. The van der Waals surface area contributed by atoms with E-state index in [1.165, 1.54) is 0 Å². The maximum atomic E-state index is 12.3. The molecule has 18 heavy (non-hydrogen) atoms. The maximum absolute atomic E-state index is 12.3. The standard InChI is InChI=1S/C14H20N2O2/c1-14(2)10-16(8-9-18-14)13(17)11-4-6-12(15-3)7-5-11/h4-7,15H,8-10H2,1-3H3. The number of hydrogen-bond donors (Lipinski definition) is 1. The highest BCUT2D eigenvalue weighted by molar-refractivity contribution is 5.94. The van der Waals surface area contributed by atoms with Gasteiger partial charge in [-0.05, 0) is 38.1 Å². The van der Waals surface area contributed by atoms with Crippen LogP contribution in [0.15, 0.2) is 24.3 Å². The fourth-order valence-electron chi connectivity index (χ4n) is 2.15. The first-order chi connectivity index (χ1) is 8.52. The second-order valence-corrected chi connectivity index (χ2v) is 5.16. The molecular weight excluding hydrogens is 228 g/mol. The summed E-state index contributed by atoms with van der Waals surface area (Å²) in [6.45, 7) is 5.93. The summed E-state index contributed by atoms with van der Waals surface area (Å²) in [5.74, 6) is 0.0778. The monoisotopic (exact) mass is 248 g/mol. The summed E-state index contributed by atoms with van der Waals surface area (Å²) in [7, 11) is 1.86. The van der Waals surface area contributed by atoms with Crippen LogP contribution in [-0.4, -0.2) is 43.2 Å². The van der Waals surface area contributed by atoms with Crippen molar-refractivity contribution in [3.8, 4) is 0 Å². The molecule has 0 bridgehead atoms. The summed E-state index contributed by atoms with van der Waals surface area (Å²) in [6, 6.07) is 7.55. The number of carbonyl (C=O) groups excluding carboxylic acids is 1. The smallest absolute Gasteiger partial charge is 0.254 e. The molecule has 0 spiro atoms. The molecule has 0 aromatic heterocycles. The summed E-state index contributed by atoms with van der Waals surface area (Å²) in [4.78, 5) is 14.2. The van der Waals surface area contributed by atoms with Gasteiger partial charge in [-0.2, -0.15) is 0 Å². The third-order valence-electron chi connectivity index (χ3n) is 3.13. The highest BCUT2D eigenvalue weighted by atomic mass is 16.5. The van der Waals surface area contributed by atoms with Crippen LogP contribution in [0.2, 0.25) is 0 Å². The van der Waals surface area contributed by atoms with E-state index >= 15 is 0 Å². The molecule has 1 fully saturated rings. The van der Waals surface area contributed by atoms with Gasteiger partial charge in [-0.15, -0.1) is 0 Å². The van der Waals surface area contributed by atoms with E-state index in [0.29, 0.717) is 19.7 Å². The molecule has 0 saturated carbocycles. The minimum absolute atomic E-state index is 0.0778. The summed E-state index contributed by atoms with van der Waals surface area (Å²) in [6.07, 6.45) is 0. The second-order valence-electron chi connectivity index (χ2n) is 5.16. The van der Waals surface area contributed by atoms with Crippen LogP contribution in [0.3, 0.4) is 0 Å². The summed E-state index contributed by atoms with van der Waals surface area (Å²) in [5, 5.41) is 3.04. The lowest BCUT2D eigenvalue weighted by Crippen LogP contribution is -2.50. The lowest BCUT2D eigenvalue weighted by atomic mass is 10.1. The first-order valence-electron chi connectivity index (χ1n) is 6.23. The van der Waals surface area contributed by atoms with Gasteiger partial charge in [-0.3, -0.25) is 4.79 Å². The number of rotatable bonds is 2. The minimum Gasteiger partial charge on any atom is -0.388 e. The van der Waals surface area contributed by atoms with E-state index in [9.17, 15) is 4.79 Å². The quantitative estimate of drug-likeness (QED) is 0.870. The van der Waals surface area contributed by atoms with Gasteiger partial charge in [0.1, 0.15) is 0 Å². The summed E-state index contributed by atoms with van der Waals surface area (Å²) in [5.41, 5.74) is 1.49. The molecule has 0 atom stereocenters. The highest BCUT2D eigenvalue weighted by Gasteiger charge is 2.30. The zero-order valence-electron chi connectivity index (χ0n) is 11.2. The molecule has 1 N–H and O–H groups in total. The number of ether oxygens (including phenoxy) is 1. The van der Waals surface area contributed by atoms with E-state index in [1.807, 2.05) is 50.1 Å². The topological polar surface area (TPSA) is 41.6 Å². The summed E-state index contributed by atoms with van der Waals surface area (Å²) < 4.78 is 5.61. The Labute approximate surface area is 108 Å². The Balaban J connectivity index is 2.10. The van der Waals surface area contributed by atoms with E-state index in [4.69, 9.17) is 4.74 Å². The van der Waals surface area contributed by atoms with Crippen LogP contribution in [0.1, 0.15) is 24.2 Å². The van der Waals surface area contributed by atoms with Crippen molar-refractivity contribution in [2.45, 2.75) is 19.4 Å². The Morgan fingerprint density at radius 2 is 2.00 bits per heavy atom. The molecule has 1 aromatic rings. The Bertz CT molecular complexity index is 426. The van der Waals surface area contributed by atoms with Crippen molar-refractivity contribution in [2.24, 2.45) is 0 Å². The van der Waals surface area contributed by atoms with Gasteiger partial charge in [0, 0.05) is 31.4 Å². The SMILES string of the molecule is CNc1ccc(C(=O)N2CCOC(C)(C)C2)cc1. The van der Waals surface area contributed by atoms with Crippen molar-refractivity contribution in [1.29, 1.82) is 0 Å². The number of hydrogen-bond acceptors (Lipinski definition) is 3. The molecule has 0 radical (unpaired) electrons. The zero-order chi connectivity index (χ0) is 13.2. The van der Waals surface area contributed by atoms with Gasteiger partial charge in [-0.1, -0.05) is 0 Å². The van der Waals surface area contributed by atoms with Gasteiger partial charge in [-0.25, -0.2) is 0 Å². The molecule has 2 rings (SSSR count). The molecular formula is C14H20N2O2. The van der Waals surface area contributed by atoms with Gasteiger partial charge in [0.25, 0.3) is 5.91 Å². The zero-order valence-corrected chi connectivity index (χ0v) is 11.2. The lowest BCUT2D eigenvalue weighted by molar-refractivity contribution is -0.0764. The van der Waals surface area contributed by atoms with E-state index in [0.717, 1.165) is 11.3 Å². The van der Waals surface area contributed by atoms with Crippen LogP contribution in [0.25, 0.3) is 0 Å². The van der Waals surface area contributed by atoms with Gasteiger partial charge in [0.15, 0.2) is 0 Å². The fraction of sp³-hybridized carbons (Fsp3) is 0.500. The third kappa shape index (κ3) is 2.82. The van der Waals surface area contributed by atoms with Crippen molar-refractivity contribution >= 4 is 11.6 Å². The number of carbonyl (C=O) groups is 1. The predicted molar refractivity (Wildman–Crippen MR) is 71.9 cm³/mol. The molecule has 1 amide bonds. The van der Waals surface area contributed by atoms with Crippen molar-refractivity contribution < 1.29 is 9.53 Å². The first kappa shape index (κ1) is 12.9. The lowest BCUT2D eigenvalue weighted by Gasteiger charge is -2.38. The molecule has 1 heterocycles. The van der Waals surface area contributed by atoms with E-state index in [1.54, 1.807) is 0 Å². The molecule has 1 saturated heterocycles. The molecule has 0 unspecified atom stereocenters. The van der Waals surface area contributed by atoms with Crippen molar-refractivity contribution in [3.05, 3.63) is 29.8 Å². The summed E-state index contributed by atoms with van der Waals surface area (Å²) >= 11 is 0. The average Bonchev–Trinajstić information content (AvgIpc) is 2.37. The number of benzene rings is 1. The molecule has 1 aliphatic heterocycles. The van der Waals surface area contributed by atoms with Gasteiger partial charge < -0.3 is 15.0 Å². The van der Waals surface area contributed by atoms with E-state index in [2.05, 4.69) is 5.32 Å². The molecule has 98 valence electrons. The molecule has 1 aliphatic rings. The first-order valence-corrected chi connectivity index (χ1v) is 6.23. The minimum atomic E-state index is -0.251. The van der Waals surface area contributed by atoms with Crippen LogP contribution in [0.4, 0.5) is 5.69 Å². The largest absolute Gasteiger partial charge is 0.388 e.